The third-order valence-electron chi connectivity index (χ3n) is 3.54. The summed E-state index contributed by atoms with van der Waals surface area (Å²) in [5, 5.41) is 0. The highest BCUT2D eigenvalue weighted by Crippen LogP contribution is 2.34. The molecule has 0 unspecified atom stereocenters. The first-order valence-electron chi connectivity index (χ1n) is 6.67. The predicted octanol–water partition coefficient (Wildman–Crippen LogP) is 4.05. The molecular formula is C16H16N2OS. The normalized spacial score (nSPS) is 11.2. The van der Waals surface area contributed by atoms with Crippen LogP contribution < -0.4 is 0 Å². The Bertz CT molecular complexity index is 798. The lowest BCUT2D eigenvalue weighted by Crippen LogP contribution is -1.96. The number of hydrogen-bond acceptors (Lipinski definition) is 3. The maximum Gasteiger partial charge on any atom is 0.194 e. The van der Waals surface area contributed by atoms with Gasteiger partial charge in [0.15, 0.2) is 11.2 Å². The van der Waals surface area contributed by atoms with Gasteiger partial charge < -0.3 is 0 Å². The fourth-order valence-electron chi connectivity index (χ4n) is 2.60. The minimum atomic E-state index is 0.617. The summed E-state index contributed by atoms with van der Waals surface area (Å²) in [6, 6.07) is 6.43. The fraction of sp³-hybridized carbons (Fsp3) is 0.250. The molecule has 20 heavy (non-hydrogen) atoms. The number of thiazole rings is 1. The Balaban J connectivity index is 2.38. The summed E-state index contributed by atoms with van der Waals surface area (Å²) < 4.78 is 1.98. The van der Waals surface area contributed by atoms with Gasteiger partial charge in [0.2, 0.25) is 0 Å². The van der Waals surface area contributed by atoms with E-state index in [1.54, 1.807) is 17.5 Å². The number of imidazole rings is 1. The smallest absolute Gasteiger partial charge is 0.194 e. The summed E-state index contributed by atoms with van der Waals surface area (Å²) in [6.07, 6.45) is 3.46. The Morgan fingerprint density at radius 2 is 2.15 bits per heavy atom. The Hall–Kier alpha value is -1.94. The van der Waals surface area contributed by atoms with Gasteiger partial charge in [-0.2, -0.15) is 0 Å². The number of nitrogens with zero attached hydrogens (tertiary/aromatic N) is 2. The lowest BCUT2D eigenvalue weighted by Gasteiger charge is -2.09. The largest absolute Gasteiger partial charge is 0.296 e. The van der Waals surface area contributed by atoms with E-state index in [0.29, 0.717) is 5.69 Å². The van der Waals surface area contributed by atoms with E-state index in [0.717, 1.165) is 23.4 Å². The molecule has 0 atom stereocenters. The molecule has 0 aliphatic heterocycles. The van der Waals surface area contributed by atoms with Crippen LogP contribution in [0.4, 0.5) is 0 Å². The second-order valence-electron chi connectivity index (χ2n) is 4.96. The van der Waals surface area contributed by atoms with E-state index < -0.39 is 0 Å². The van der Waals surface area contributed by atoms with Crippen molar-refractivity contribution in [3.05, 3.63) is 46.1 Å². The summed E-state index contributed by atoms with van der Waals surface area (Å²) >= 11 is 1.66. The molecular weight excluding hydrogens is 268 g/mol. The van der Waals surface area contributed by atoms with Crippen LogP contribution in [0, 0.1) is 13.8 Å². The van der Waals surface area contributed by atoms with Crippen LogP contribution in [0.5, 0.6) is 0 Å². The molecule has 0 bridgehead atoms. The van der Waals surface area contributed by atoms with Gasteiger partial charge in [-0.1, -0.05) is 30.7 Å². The number of carbonyl (C=O) groups is 1. The molecule has 0 amide bonds. The molecule has 4 heteroatoms. The Kier molecular flexibility index (Phi) is 3.18. The molecule has 0 fully saturated rings. The van der Waals surface area contributed by atoms with Crippen molar-refractivity contribution < 1.29 is 4.79 Å². The highest BCUT2D eigenvalue weighted by atomic mass is 32.1. The monoisotopic (exact) mass is 284 g/mol. The molecule has 0 radical (unpaired) electrons. The third kappa shape index (κ3) is 1.88. The summed E-state index contributed by atoms with van der Waals surface area (Å²) in [5.41, 5.74) is 5.39. The number of carbonyl (C=O) groups excluding carboxylic acids is 1. The van der Waals surface area contributed by atoms with Crippen molar-refractivity contribution in [3.8, 4) is 11.3 Å². The first kappa shape index (κ1) is 13.1. The SMILES string of the molecule is CCc1sc2ncc(C=O)n2c1-c1ccc(C)cc1C. The van der Waals surface area contributed by atoms with Crippen LogP contribution in [0.25, 0.3) is 16.2 Å². The first-order chi connectivity index (χ1) is 9.65. The van der Waals surface area contributed by atoms with Gasteiger partial charge in [0.25, 0.3) is 0 Å². The topological polar surface area (TPSA) is 34.4 Å². The molecule has 0 aliphatic rings. The minimum absolute atomic E-state index is 0.617. The highest BCUT2D eigenvalue weighted by molar-refractivity contribution is 7.17. The number of fused-ring (bicyclic) bond motifs is 1. The molecule has 0 spiro atoms. The van der Waals surface area contributed by atoms with Gasteiger partial charge in [-0.3, -0.25) is 9.20 Å². The zero-order valence-electron chi connectivity index (χ0n) is 11.8. The van der Waals surface area contributed by atoms with E-state index in [9.17, 15) is 4.79 Å². The van der Waals surface area contributed by atoms with Crippen LogP contribution in [0.1, 0.15) is 33.4 Å². The van der Waals surface area contributed by atoms with E-state index in [1.165, 1.54) is 21.6 Å². The second kappa shape index (κ2) is 4.87. The van der Waals surface area contributed by atoms with Crippen LogP contribution in [-0.4, -0.2) is 15.7 Å². The third-order valence-corrected chi connectivity index (χ3v) is 4.74. The molecule has 3 rings (SSSR count). The van der Waals surface area contributed by atoms with E-state index in [1.807, 2.05) is 4.40 Å². The predicted molar refractivity (Wildman–Crippen MR) is 82.7 cm³/mol. The molecule has 2 aromatic heterocycles. The van der Waals surface area contributed by atoms with Crippen LogP contribution >= 0.6 is 11.3 Å². The Labute approximate surface area is 121 Å². The number of aromatic nitrogens is 2. The standard InChI is InChI=1S/C16H16N2OS/c1-4-14-15(13-6-5-10(2)7-11(13)3)18-12(9-19)8-17-16(18)20-14/h5-9H,4H2,1-3H3. The zero-order valence-corrected chi connectivity index (χ0v) is 12.6. The van der Waals surface area contributed by atoms with Crippen LogP contribution in [-0.2, 0) is 6.42 Å². The highest BCUT2D eigenvalue weighted by Gasteiger charge is 2.18. The van der Waals surface area contributed by atoms with Crippen LogP contribution in [0.15, 0.2) is 24.4 Å². The molecule has 2 heterocycles. The van der Waals surface area contributed by atoms with Crippen molar-refractivity contribution in [2.75, 3.05) is 0 Å². The quantitative estimate of drug-likeness (QED) is 0.680. The van der Waals surface area contributed by atoms with Crippen molar-refractivity contribution in [1.82, 2.24) is 9.38 Å². The maximum atomic E-state index is 11.2. The van der Waals surface area contributed by atoms with E-state index in [2.05, 4.69) is 44.0 Å². The average Bonchev–Trinajstić information content (AvgIpc) is 2.97. The van der Waals surface area contributed by atoms with E-state index >= 15 is 0 Å². The number of aldehydes is 1. The molecule has 0 aliphatic carbocycles. The van der Waals surface area contributed by atoms with Crippen molar-refractivity contribution >= 4 is 22.6 Å². The average molecular weight is 284 g/mol. The second-order valence-corrected chi connectivity index (χ2v) is 6.03. The first-order valence-corrected chi connectivity index (χ1v) is 7.49. The summed E-state index contributed by atoms with van der Waals surface area (Å²) in [7, 11) is 0. The fourth-order valence-corrected chi connectivity index (χ4v) is 3.66. The van der Waals surface area contributed by atoms with Gasteiger partial charge in [0.05, 0.1) is 11.9 Å². The van der Waals surface area contributed by atoms with Gasteiger partial charge in [-0.15, -0.1) is 11.3 Å². The van der Waals surface area contributed by atoms with E-state index in [4.69, 9.17) is 0 Å². The summed E-state index contributed by atoms with van der Waals surface area (Å²) in [5.74, 6) is 0. The van der Waals surface area contributed by atoms with Crippen molar-refractivity contribution in [2.45, 2.75) is 27.2 Å². The Morgan fingerprint density at radius 1 is 1.35 bits per heavy atom. The van der Waals surface area contributed by atoms with Crippen molar-refractivity contribution in [1.29, 1.82) is 0 Å². The molecule has 3 aromatic rings. The van der Waals surface area contributed by atoms with Crippen molar-refractivity contribution in [3.63, 3.8) is 0 Å². The lowest BCUT2D eigenvalue weighted by molar-refractivity contribution is 0.111. The molecule has 3 nitrogen and oxygen atoms in total. The number of aryl methyl sites for hydroxylation is 3. The van der Waals surface area contributed by atoms with Gasteiger partial charge in [0, 0.05) is 10.4 Å². The van der Waals surface area contributed by atoms with E-state index in [-0.39, 0.29) is 0 Å². The molecule has 0 N–H and O–H groups in total. The zero-order chi connectivity index (χ0) is 14.3. The van der Waals surface area contributed by atoms with Gasteiger partial charge in [-0.05, 0) is 25.8 Å². The molecule has 1 aromatic carbocycles. The number of rotatable bonds is 3. The number of hydrogen-bond donors (Lipinski definition) is 0. The Morgan fingerprint density at radius 3 is 2.80 bits per heavy atom. The lowest BCUT2D eigenvalue weighted by atomic mass is 10.0. The van der Waals surface area contributed by atoms with Gasteiger partial charge in [0.1, 0.15) is 5.69 Å². The minimum Gasteiger partial charge on any atom is -0.296 e. The molecule has 102 valence electrons. The van der Waals surface area contributed by atoms with Gasteiger partial charge in [-0.25, -0.2) is 4.98 Å². The summed E-state index contributed by atoms with van der Waals surface area (Å²) in [6.45, 7) is 6.34. The summed E-state index contributed by atoms with van der Waals surface area (Å²) in [4.78, 5) is 17.7. The number of benzene rings is 1. The van der Waals surface area contributed by atoms with Crippen LogP contribution in [0.2, 0.25) is 0 Å². The van der Waals surface area contributed by atoms with Crippen LogP contribution in [0.3, 0.4) is 0 Å². The van der Waals surface area contributed by atoms with Gasteiger partial charge >= 0.3 is 0 Å². The molecule has 0 saturated carbocycles. The van der Waals surface area contributed by atoms with Crippen molar-refractivity contribution in [2.24, 2.45) is 0 Å². The molecule has 0 saturated heterocycles. The maximum absolute atomic E-state index is 11.2.